The number of nitrogens with one attached hydrogen (secondary N) is 2. The van der Waals surface area contributed by atoms with E-state index in [1.54, 1.807) is 0 Å². The highest BCUT2D eigenvalue weighted by atomic mass is 32.2. The molecule has 0 aliphatic heterocycles. The maximum Gasteiger partial charge on any atom is 0.270 e. The second-order valence-corrected chi connectivity index (χ2v) is 6.34. The Morgan fingerprint density at radius 1 is 1.15 bits per heavy atom. The van der Waals surface area contributed by atoms with Crippen molar-refractivity contribution in [3.05, 3.63) is 56.9 Å². The van der Waals surface area contributed by atoms with Crippen LogP contribution in [0.2, 0.25) is 0 Å². The Balaban J connectivity index is 1.88. The standard InChI is InChI=1S/C16H17N5O4S/c1-9-10(2)17-16(18-11(9)3)26-8-14(22)19-20-15(23)12-5-4-6-13(7-12)21(24)25/h4-7H,8H2,1-3H3,(H,19,22)(H,20,23). The first-order valence-corrected chi connectivity index (χ1v) is 8.54. The molecule has 2 amide bonds. The van der Waals surface area contributed by atoms with Gasteiger partial charge in [-0.1, -0.05) is 17.8 Å². The number of carbonyl (C=O) groups excluding carboxylic acids is 2. The molecule has 2 N–H and O–H groups in total. The molecule has 2 aromatic rings. The summed E-state index contributed by atoms with van der Waals surface area (Å²) in [5.74, 6) is -1.09. The number of carbonyl (C=O) groups is 2. The number of rotatable bonds is 5. The summed E-state index contributed by atoms with van der Waals surface area (Å²) in [6.07, 6.45) is 0. The SMILES string of the molecule is Cc1nc(SCC(=O)NNC(=O)c2cccc([N+](=O)[O-])c2)nc(C)c1C. The van der Waals surface area contributed by atoms with Crippen molar-refractivity contribution in [2.24, 2.45) is 0 Å². The summed E-state index contributed by atoms with van der Waals surface area (Å²) >= 11 is 1.14. The smallest absolute Gasteiger partial charge is 0.270 e. The van der Waals surface area contributed by atoms with Gasteiger partial charge in [0, 0.05) is 29.1 Å². The number of aryl methyl sites for hydroxylation is 2. The lowest BCUT2D eigenvalue weighted by Gasteiger charge is -2.08. The van der Waals surface area contributed by atoms with E-state index in [0.29, 0.717) is 5.16 Å². The summed E-state index contributed by atoms with van der Waals surface area (Å²) in [7, 11) is 0. The number of amides is 2. The largest absolute Gasteiger partial charge is 0.272 e. The van der Waals surface area contributed by atoms with Gasteiger partial charge in [-0.2, -0.15) is 0 Å². The van der Waals surface area contributed by atoms with Gasteiger partial charge in [-0.3, -0.25) is 30.6 Å². The van der Waals surface area contributed by atoms with Gasteiger partial charge in [0.25, 0.3) is 11.6 Å². The van der Waals surface area contributed by atoms with E-state index in [0.717, 1.165) is 34.8 Å². The van der Waals surface area contributed by atoms with E-state index in [9.17, 15) is 19.7 Å². The molecule has 0 saturated carbocycles. The topological polar surface area (TPSA) is 127 Å². The highest BCUT2D eigenvalue weighted by Crippen LogP contribution is 2.16. The zero-order valence-electron chi connectivity index (χ0n) is 14.4. The minimum absolute atomic E-state index is 0.0111. The summed E-state index contributed by atoms with van der Waals surface area (Å²) in [6, 6.07) is 5.21. The number of non-ortho nitro benzene ring substituents is 1. The van der Waals surface area contributed by atoms with E-state index in [2.05, 4.69) is 20.8 Å². The average molecular weight is 375 g/mol. The van der Waals surface area contributed by atoms with Crippen molar-refractivity contribution < 1.29 is 14.5 Å². The predicted octanol–water partition coefficient (Wildman–Crippen LogP) is 1.86. The second kappa shape index (κ2) is 8.39. The van der Waals surface area contributed by atoms with Crippen LogP contribution in [-0.2, 0) is 4.79 Å². The first kappa shape index (κ1) is 19.3. The molecule has 2 rings (SSSR count). The molecule has 0 unspecified atom stereocenters. The molecule has 26 heavy (non-hydrogen) atoms. The van der Waals surface area contributed by atoms with Gasteiger partial charge < -0.3 is 0 Å². The number of nitrogens with zero attached hydrogens (tertiary/aromatic N) is 3. The van der Waals surface area contributed by atoms with E-state index >= 15 is 0 Å². The first-order valence-electron chi connectivity index (χ1n) is 7.56. The molecule has 0 bridgehead atoms. The fourth-order valence-corrected chi connectivity index (χ4v) is 2.67. The zero-order valence-corrected chi connectivity index (χ0v) is 15.2. The summed E-state index contributed by atoms with van der Waals surface area (Å²) in [4.78, 5) is 42.5. The Morgan fingerprint density at radius 3 is 2.42 bits per heavy atom. The van der Waals surface area contributed by atoms with E-state index < -0.39 is 16.7 Å². The molecule has 0 aliphatic carbocycles. The zero-order chi connectivity index (χ0) is 19.3. The maximum atomic E-state index is 11.9. The van der Waals surface area contributed by atoms with E-state index in [1.807, 2.05) is 20.8 Å². The molecule has 0 saturated heterocycles. The number of thioether (sulfide) groups is 1. The maximum absolute atomic E-state index is 11.9. The second-order valence-electron chi connectivity index (χ2n) is 5.40. The number of hydrogen-bond acceptors (Lipinski definition) is 7. The molecular weight excluding hydrogens is 358 g/mol. The molecular formula is C16H17N5O4S. The Bertz CT molecular complexity index is 848. The molecule has 10 heteroatoms. The van der Waals surface area contributed by atoms with Crippen LogP contribution < -0.4 is 10.9 Å². The molecule has 0 radical (unpaired) electrons. The molecule has 0 aliphatic rings. The van der Waals surface area contributed by atoms with Crippen LogP contribution >= 0.6 is 11.8 Å². The van der Waals surface area contributed by atoms with E-state index in [1.165, 1.54) is 18.2 Å². The van der Waals surface area contributed by atoms with E-state index in [-0.39, 0.29) is 17.0 Å². The van der Waals surface area contributed by atoms with Gasteiger partial charge in [0.2, 0.25) is 5.91 Å². The molecule has 1 aromatic heterocycles. The van der Waals surface area contributed by atoms with Crippen molar-refractivity contribution >= 4 is 29.3 Å². The number of nitro benzene ring substituents is 1. The van der Waals surface area contributed by atoms with Crippen molar-refractivity contribution in [1.29, 1.82) is 0 Å². The molecule has 0 spiro atoms. The van der Waals surface area contributed by atoms with Gasteiger partial charge in [0.05, 0.1) is 10.7 Å². The Morgan fingerprint density at radius 2 is 1.81 bits per heavy atom. The Hall–Kier alpha value is -3.01. The first-order chi connectivity index (χ1) is 12.3. The van der Waals surface area contributed by atoms with Crippen LogP contribution in [0.5, 0.6) is 0 Å². The Kier molecular flexibility index (Phi) is 6.23. The van der Waals surface area contributed by atoms with Crippen molar-refractivity contribution in [2.45, 2.75) is 25.9 Å². The number of aromatic nitrogens is 2. The van der Waals surface area contributed by atoms with Crippen molar-refractivity contribution in [3.63, 3.8) is 0 Å². The number of hydrazine groups is 1. The third-order valence-electron chi connectivity index (χ3n) is 3.58. The number of hydrogen-bond donors (Lipinski definition) is 2. The van der Waals surface area contributed by atoms with Crippen molar-refractivity contribution in [1.82, 2.24) is 20.8 Å². The molecule has 1 aromatic carbocycles. The Labute approximate surface area is 153 Å². The fourth-order valence-electron chi connectivity index (χ4n) is 1.93. The summed E-state index contributed by atoms with van der Waals surface area (Å²) in [5, 5.41) is 11.2. The highest BCUT2D eigenvalue weighted by Gasteiger charge is 2.13. The third kappa shape index (κ3) is 4.99. The van der Waals surface area contributed by atoms with Gasteiger partial charge in [-0.25, -0.2) is 9.97 Å². The molecule has 136 valence electrons. The minimum Gasteiger partial charge on any atom is -0.272 e. The predicted molar refractivity (Wildman–Crippen MR) is 95.7 cm³/mol. The summed E-state index contributed by atoms with van der Waals surface area (Å²) in [5.41, 5.74) is 7.03. The van der Waals surface area contributed by atoms with Gasteiger partial charge in [-0.15, -0.1) is 0 Å². The minimum atomic E-state index is -0.648. The van der Waals surface area contributed by atoms with Crippen molar-refractivity contribution in [3.8, 4) is 0 Å². The van der Waals surface area contributed by atoms with Crippen LogP contribution in [0.25, 0.3) is 0 Å². The van der Waals surface area contributed by atoms with Crippen LogP contribution in [0, 0.1) is 30.9 Å². The lowest BCUT2D eigenvalue weighted by atomic mass is 10.2. The van der Waals surface area contributed by atoms with Crippen LogP contribution in [-0.4, -0.2) is 32.5 Å². The third-order valence-corrected chi connectivity index (χ3v) is 4.43. The number of benzene rings is 1. The molecule has 9 nitrogen and oxygen atoms in total. The van der Waals surface area contributed by atoms with Gasteiger partial charge in [0.1, 0.15) is 0 Å². The van der Waals surface area contributed by atoms with E-state index in [4.69, 9.17) is 0 Å². The van der Waals surface area contributed by atoms with Crippen LogP contribution in [0.15, 0.2) is 29.4 Å². The lowest BCUT2D eigenvalue weighted by molar-refractivity contribution is -0.384. The molecule has 0 atom stereocenters. The normalized spacial score (nSPS) is 10.3. The number of nitro groups is 1. The lowest BCUT2D eigenvalue weighted by Crippen LogP contribution is -2.42. The monoisotopic (exact) mass is 375 g/mol. The van der Waals surface area contributed by atoms with Crippen molar-refractivity contribution in [2.75, 3.05) is 5.75 Å². The van der Waals surface area contributed by atoms with Gasteiger partial charge >= 0.3 is 0 Å². The fraction of sp³-hybridized carbons (Fsp3) is 0.250. The van der Waals surface area contributed by atoms with Gasteiger partial charge in [0.15, 0.2) is 5.16 Å². The van der Waals surface area contributed by atoms with Gasteiger partial charge in [-0.05, 0) is 32.4 Å². The highest BCUT2D eigenvalue weighted by molar-refractivity contribution is 7.99. The van der Waals surface area contributed by atoms with Crippen LogP contribution in [0.4, 0.5) is 5.69 Å². The summed E-state index contributed by atoms with van der Waals surface area (Å²) < 4.78 is 0. The molecule has 0 fully saturated rings. The average Bonchev–Trinajstić information content (AvgIpc) is 2.62. The quantitative estimate of drug-likeness (QED) is 0.353. The van der Waals surface area contributed by atoms with Crippen LogP contribution in [0.1, 0.15) is 27.3 Å². The van der Waals surface area contributed by atoms with Crippen LogP contribution in [0.3, 0.4) is 0 Å². The molecule has 1 heterocycles. The summed E-state index contributed by atoms with van der Waals surface area (Å²) in [6.45, 7) is 5.66.